The first-order valence-corrected chi connectivity index (χ1v) is 10.1. The van der Waals surface area contributed by atoms with Crippen LogP contribution in [0.3, 0.4) is 0 Å². The normalized spacial score (nSPS) is 22.0. The summed E-state index contributed by atoms with van der Waals surface area (Å²) in [6, 6.07) is 5.88. The Morgan fingerprint density at radius 1 is 1.20 bits per heavy atom. The Morgan fingerprint density at radius 3 is 2.80 bits per heavy atom. The van der Waals surface area contributed by atoms with Crippen LogP contribution in [0.25, 0.3) is 0 Å². The van der Waals surface area contributed by atoms with Gasteiger partial charge in [-0.25, -0.2) is 0 Å². The van der Waals surface area contributed by atoms with Gasteiger partial charge in [0.05, 0.1) is 23.9 Å². The van der Waals surface area contributed by atoms with E-state index in [0.717, 1.165) is 56.6 Å². The lowest BCUT2D eigenvalue weighted by Gasteiger charge is -2.39. The molecule has 0 radical (unpaired) electrons. The van der Waals surface area contributed by atoms with E-state index in [1.165, 1.54) is 19.3 Å². The largest absolute Gasteiger partial charge is 0.379 e. The molecule has 0 bridgehead atoms. The zero-order valence-electron chi connectivity index (χ0n) is 14.3. The van der Waals surface area contributed by atoms with Gasteiger partial charge in [0, 0.05) is 37.2 Å². The van der Waals surface area contributed by atoms with Crippen molar-refractivity contribution in [2.45, 2.75) is 31.7 Å². The van der Waals surface area contributed by atoms with Crippen LogP contribution in [0, 0.1) is 0 Å². The van der Waals surface area contributed by atoms with Crippen molar-refractivity contribution in [2.75, 3.05) is 44.7 Å². The lowest BCUT2D eigenvalue weighted by Crippen LogP contribution is -2.47. The molecule has 1 aromatic rings. The number of nitrogens with one attached hydrogen (secondary N) is 1. The Hall–Kier alpha value is -0.590. The van der Waals surface area contributed by atoms with Crippen molar-refractivity contribution in [3.63, 3.8) is 0 Å². The highest BCUT2D eigenvalue weighted by molar-refractivity contribution is 7.80. The number of halogens is 2. The molecule has 2 fully saturated rings. The van der Waals surface area contributed by atoms with Gasteiger partial charge in [-0.3, -0.25) is 4.90 Å². The average Bonchev–Trinajstić information content (AvgIpc) is 2.64. The number of rotatable bonds is 4. The summed E-state index contributed by atoms with van der Waals surface area (Å²) in [5, 5.41) is 5.33. The molecule has 1 aromatic carbocycles. The minimum atomic E-state index is 0.481. The third-order valence-corrected chi connectivity index (χ3v) is 5.84. The fourth-order valence-corrected chi connectivity index (χ4v) is 4.19. The van der Waals surface area contributed by atoms with Gasteiger partial charge in [0.15, 0.2) is 5.11 Å². The molecule has 1 atom stereocenters. The summed E-state index contributed by atoms with van der Waals surface area (Å²) >= 11 is 18.0. The Morgan fingerprint density at radius 2 is 2.00 bits per heavy atom. The summed E-state index contributed by atoms with van der Waals surface area (Å²) in [5.41, 5.74) is 0.775. The summed E-state index contributed by atoms with van der Waals surface area (Å²) in [6.45, 7) is 5.87. The second-order valence-corrected chi connectivity index (χ2v) is 7.87. The van der Waals surface area contributed by atoms with Gasteiger partial charge in [0.1, 0.15) is 0 Å². The molecule has 7 heteroatoms. The van der Waals surface area contributed by atoms with Crippen LogP contribution < -0.4 is 5.32 Å². The van der Waals surface area contributed by atoms with E-state index in [4.69, 9.17) is 40.2 Å². The molecular formula is C18H25Cl2N3OS. The lowest BCUT2D eigenvalue weighted by molar-refractivity contribution is 0.0338. The molecule has 2 aliphatic heterocycles. The Labute approximate surface area is 165 Å². The molecule has 3 rings (SSSR count). The van der Waals surface area contributed by atoms with Crippen molar-refractivity contribution >= 4 is 46.2 Å². The quantitative estimate of drug-likeness (QED) is 0.760. The molecule has 1 N–H and O–H groups in total. The first-order chi connectivity index (χ1) is 12.1. The SMILES string of the molecule is S=C(Nc1cc(Cl)ccc1Cl)N1CCCC[C@@H]1CCN1CCOCC1. The monoisotopic (exact) mass is 401 g/mol. The van der Waals surface area contributed by atoms with Crippen LogP contribution in [0.2, 0.25) is 10.0 Å². The molecule has 2 saturated heterocycles. The highest BCUT2D eigenvalue weighted by Gasteiger charge is 2.25. The summed E-state index contributed by atoms with van der Waals surface area (Å²) in [6.07, 6.45) is 4.77. The summed E-state index contributed by atoms with van der Waals surface area (Å²) < 4.78 is 5.43. The number of anilines is 1. The maximum atomic E-state index is 6.26. The number of hydrogen-bond acceptors (Lipinski definition) is 3. The van der Waals surface area contributed by atoms with E-state index >= 15 is 0 Å². The van der Waals surface area contributed by atoms with E-state index in [1.807, 2.05) is 6.07 Å². The predicted molar refractivity (Wildman–Crippen MR) is 109 cm³/mol. The number of morpholine rings is 1. The maximum Gasteiger partial charge on any atom is 0.173 e. The molecular weight excluding hydrogens is 377 g/mol. The van der Waals surface area contributed by atoms with Gasteiger partial charge in [-0.05, 0) is 56.1 Å². The zero-order chi connectivity index (χ0) is 17.6. The fraction of sp³-hybridized carbons (Fsp3) is 0.611. The van der Waals surface area contributed by atoms with Crippen molar-refractivity contribution in [2.24, 2.45) is 0 Å². The average molecular weight is 402 g/mol. The van der Waals surface area contributed by atoms with Gasteiger partial charge in [-0.1, -0.05) is 23.2 Å². The van der Waals surface area contributed by atoms with Gasteiger partial charge >= 0.3 is 0 Å². The first kappa shape index (κ1) is 19.2. The number of thiocarbonyl (C=S) groups is 1. The van der Waals surface area contributed by atoms with Crippen LogP contribution >= 0.6 is 35.4 Å². The molecule has 138 valence electrons. The van der Waals surface area contributed by atoms with Crippen molar-refractivity contribution in [3.05, 3.63) is 28.2 Å². The second kappa shape index (κ2) is 9.38. The van der Waals surface area contributed by atoms with Crippen molar-refractivity contribution in [1.82, 2.24) is 9.80 Å². The van der Waals surface area contributed by atoms with Crippen LogP contribution in [0.15, 0.2) is 18.2 Å². The minimum Gasteiger partial charge on any atom is -0.379 e. The molecule has 0 spiro atoms. The van der Waals surface area contributed by atoms with Gasteiger partial charge in [0.2, 0.25) is 0 Å². The van der Waals surface area contributed by atoms with Crippen molar-refractivity contribution in [3.8, 4) is 0 Å². The van der Waals surface area contributed by atoms with Gasteiger partial charge in [-0.15, -0.1) is 0 Å². The third kappa shape index (κ3) is 5.44. The number of nitrogens with zero attached hydrogens (tertiary/aromatic N) is 2. The van der Waals surface area contributed by atoms with E-state index in [9.17, 15) is 0 Å². The maximum absolute atomic E-state index is 6.26. The summed E-state index contributed by atoms with van der Waals surface area (Å²) in [5.74, 6) is 0. The standard InChI is InChI=1S/C18H25Cl2N3OS/c19-14-4-5-16(20)17(13-14)21-18(25)23-7-2-1-3-15(23)6-8-22-9-11-24-12-10-22/h4-5,13,15H,1-3,6-12H2,(H,21,25)/t15-/m1/s1. The van der Waals surface area contributed by atoms with E-state index in [0.29, 0.717) is 16.1 Å². The number of likely N-dealkylation sites (tertiary alicyclic amines) is 1. The van der Waals surface area contributed by atoms with Gasteiger partial charge < -0.3 is 15.0 Å². The highest BCUT2D eigenvalue weighted by Crippen LogP contribution is 2.27. The minimum absolute atomic E-state index is 0.481. The Kier molecular flexibility index (Phi) is 7.19. The van der Waals surface area contributed by atoms with Crippen LogP contribution in [-0.2, 0) is 4.74 Å². The zero-order valence-corrected chi connectivity index (χ0v) is 16.7. The topological polar surface area (TPSA) is 27.7 Å². The molecule has 0 aliphatic carbocycles. The Bertz CT molecular complexity index is 596. The summed E-state index contributed by atoms with van der Waals surface area (Å²) in [4.78, 5) is 4.82. The second-order valence-electron chi connectivity index (χ2n) is 6.64. The lowest BCUT2D eigenvalue weighted by atomic mass is 9.99. The highest BCUT2D eigenvalue weighted by atomic mass is 35.5. The molecule has 0 amide bonds. The van der Waals surface area contributed by atoms with Gasteiger partial charge in [0.25, 0.3) is 0 Å². The fourth-order valence-electron chi connectivity index (χ4n) is 3.50. The van der Waals surface area contributed by atoms with Gasteiger partial charge in [-0.2, -0.15) is 0 Å². The number of ether oxygens (including phenoxy) is 1. The van der Waals surface area contributed by atoms with E-state index in [2.05, 4.69) is 15.1 Å². The van der Waals surface area contributed by atoms with E-state index in [1.54, 1.807) is 12.1 Å². The van der Waals surface area contributed by atoms with Crippen LogP contribution in [0.1, 0.15) is 25.7 Å². The van der Waals surface area contributed by atoms with E-state index in [-0.39, 0.29) is 0 Å². The van der Waals surface area contributed by atoms with Crippen LogP contribution in [0.5, 0.6) is 0 Å². The van der Waals surface area contributed by atoms with Crippen molar-refractivity contribution in [1.29, 1.82) is 0 Å². The third-order valence-electron chi connectivity index (χ3n) is 4.94. The Balaban J connectivity index is 1.59. The molecule has 2 heterocycles. The molecule has 0 aromatic heterocycles. The van der Waals surface area contributed by atoms with Crippen molar-refractivity contribution < 1.29 is 4.74 Å². The van der Waals surface area contributed by atoms with Crippen LogP contribution in [0.4, 0.5) is 5.69 Å². The van der Waals surface area contributed by atoms with E-state index < -0.39 is 0 Å². The molecule has 4 nitrogen and oxygen atoms in total. The number of benzene rings is 1. The smallest absolute Gasteiger partial charge is 0.173 e. The number of piperidine rings is 1. The van der Waals surface area contributed by atoms with Crippen LogP contribution in [-0.4, -0.2) is 60.3 Å². The molecule has 0 unspecified atom stereocenters. The molecule has 2 aliphatic rings. The predicted octanol–water partition coefficient (Wildman–Crippen LogP) is 4.27. The summed E-state index contributed by atoms with van der Waals surface area (Å²) in [7, 11) is 0. The number of hydrogen-bond donors (Lipinski definition) is 1. The first-order valence-electron chi connectivity index (χ1n) is 8.96. The molecule has 0 saturated carbocycles. The molecule has 25 heavy (non-hydrogen) atoms.